The maximum absolute atomic E-state index is 7.65. The van der Waals surface area contributed by atoms with Crippen LogP contribution in [0.5, 0.6) is 0 Å². The predicted molar refractivity (Wildman–Crippen MR) is 81.8 cm³/mol. The number of hydrogen-bond acceptors (Lipinski definition) is 6. The molecule has 0 unspecified atom stereocenters. The Morgan fingerprint density at radius 1 is 1.20 bits per heavy atom. The van der Waals surface area contributed by atoms with E-state index < -0.39 is 0 Å². The van der Waals surface area contributed by atoms with Gasteiger partial charge in [0.05, 0.1) is 11.9 Å². The van der Waals surface area contributed by atoms with Crippen LogP contribution in [0.15, 0.2) is 30.0 Å². The zero-order valence-electron chi connectivity index (χ0n) is 11.0. The fourth-order valence-corrected chi connectivity index (χ4v) is 3.07. The SMILES string of the molecule is N=C(N)c1ccncc1N1CCN(c2nccs2)CC1. The summed E-state index contributed by atoms with van der Waals surface area (Å²) in [4.78, 5) is 13.0. The molecule has 3 rings (SSSR count). The highest BCUT2D eigenvalue weighted by Gasteiger charge is 2.21. The molecule has 7 heteroatoms. The molecule has 0 saturated carbocycles. The summed E-state index contributed by atoms with van der Waals surface area (Å²) < 4.78 is 0. The number of piperazine rings is 1. The van der Waals surface area contributed by atoms with Gasteiger partial charge in [-0.2, -0.15) is 0 Å². The molecular formula is C13H16N6S. The standard InChI is InChI=1S/C13H16N6S/c14-12(15)10-1-2-16-9-11(10)18-4-6-19(7-5-18)13-17-3-8-20-13/h1-3,8-9H,4-7H2,(H3,14,15). The Morgan fingerprint density at radius 3 is 2.60 bits per heavy atom. The Balaban J connectivity index is 1.74. The number of anilines is 2. The summed E-state index contributed by atoms with van der Waals surface area (Å²) in [6.07, 6.45) is 5.29. The van der Waals surface area contributed by atoms with Crippen LogP contribution in [0.4, 0.5) is 10.8 Å². The van der Waals surface area contributed by atoms with Gasteiger partial charge in [0.15, 0.2) is 5.13 Å². The zero-order valence-corrected chi connectivity index (χ0v) is 11.8. The van der Waals surface area contributed by atoms with Crippen LogP contribution in [0.1, 0.15) is 5.56 Å². The Hall–Kier alpha value is -2.15. The van der Waals surface area contributed by atoms with Crippen LogP contribution in [-0.2, 0) is 0 Å². The van der Waals surface area contributed by atoms with Gasteiger partial charge < -0.3 is 15.5 Å². The molecule has 1 aliphatic heterocycles. The lowest BCUT2D eigenvalue weighted by Crippen LogP contribution is -2.47. The van der Waals surface area contributed by atoms with Crippen LogP contribution in [0.25, 0.3) is 0 Å². The van der Waals surface area contributed by atoms with Crippen LogP contribution >= 0.6 is 11.3 Å². The van der Waals surface area contributed by atoms with E-state index in [1.807, 2.05) is 11.6 Å². The molecule has 1 saturated heterocycles. The Labute approximate surface area is 121 Å². The highest BCUT2D eigenvalue weighted by Crippen LogP contribution is 2.23. The molecule has 3 N–H and O–H groups in total. The summed E-state index contributed by atoms with van der Waals surface area (Å²) in [5, 5.41) is 10.7. The molecule has 6 nitrogen and oxygen atoms in total. The van der Waals surface area contributed by atoms with Crippen LogP contribution in [-0.4, -0.2) is 42.0 Å². The van der Waals surface area contributed by atoms with E-state index in [1.54, 1.807) is 29.8 Å². The van der Waals surface area contributed by atoms with Crippen LogP contribution in [0.2, 0.25) is 0 Å². The number of nitrogens with zero attached hydrogens (tertiary/aromatic N) is 4. The number of pyridine rings is 1. The Bertz CT molecular complexity index is 589. The third kappa shape index (κ3) is 2.44. The van der Waals surface area contributed by atoms with Gasteiger partial charge in [-0.3, -0.25) is 10.4 Å². The van der Waals surface area contributed by atoms with Gasteiger partial charge in [-0.1, -0.05) is 0 Å². The van der Waals surface area contributed by atoms with Gasteiger partial charge in [0, 0.05) is 49.5 Å². The van der Waals surface area contributed by atoms with Crippen molar-refractivity contribution in [3.63, 3.8) is 0 Å². The number of hydrogen-bond donors (Lipinski definition) is 2. The highest BCUT2D eigenvalue weighted by molar-refractivity contribution is 7.13. The number of rotatable bonds is 3. The minimum Gasteiger partial charge on any atom is -0.384 e. The molecule has 3 heterocycles. The van der Waals surface area contributed by atoms with Gasteiger partial charge in [0.1, 0.15) is 5.84 Å². The first kappa shape index (κ1) is 12.9. The second kappa shape index (κ2) is 5.46. The van der Waals surface area contributed by atoms with E-state index in [4.69, 9.17) is 11.1 Å². The molecule has 1 fully saturated rings. The number of aromatic nitrogens is 2. The smallest absolute Gasteiger partial charge is 0.185 e. The highest BCUT2D eigenvalue weighted by atomic mass is 32.1. The summed E-state index contributed by atoms with van der Waals surface area (Å²) in [5.41, 5.74) is 7.33. The van der Waals surface area contributed by atoms with Crippen molar-refractivity contribution in [3.8, 4) is 0 Å². The lowest BCUT2D eigenvalue weighted by molar-refractivity contribution is 0.651. The van der Waals surface area contributed by atoms with Crippen molar-refractivity contribution >= 4 is 28.0 Å². The number of nitrogen functional groups attached to an aromatic ring is 1. The molecule has 0 spiro atoms. The third-order valence-corrected chi connectivity index (χ3v) is 4.23. The topological polar surface area (TPSA) is 82.1 Å². The van der Waals surface area contributed by atoms with E-state index >= 15 is 0 Å². The summed E-state index contributed by atoms with van der Waals surface area (Å²) in [7, 11) is 0. The molecule has 2 aromatic heterocycles. The fourth-order valence-electron chi connectivity index (χ4n) is 2.38. The summed E-state index contributed by atoms with van der Waals surface area (Å²) in [6.45, 7) is 3.59. The second-order valence-corrected chi connectivity index (χ2v) is 5.47. The summed E-state index contributed by atoms with van der Waals surface area (Å²) >= 11 is 1.66. The van der Waals surface area contributed by atoms with Gasteiger partial charge in [-0.25, -0.2) is 4.98 Å². The maximum atomic E-state index is 7.65. The lowest BCUT2D eigenvalue weighted by Gasteiger charge is -2.36. The minimum atomic E-state index is 0.0877. The van der Waals surface area contributed by atoms with Crippen molar-refractivity contribution in [2.75, 3.05) is 36.0 Å². The molecule has 2 aromatic rings. The van der Waals surface area contributed by atoms with Crippen LogP contribution < -0.4 is 15.5 Å². The van der Waals surface area contributed by atoms with Gasteiger partial charge in [-0.05, 0) is 6.07 Å². The second-order valence-electron chi connectivity index (χ2n) is 4.60. The number of nitrogens with two attached hydrogens (primary N) is 1. The Kier molecular flexibility index (Phi) is 3.51. The van der Waals surface area contributed by atoms with E-state index in [0.717, 1.165) is 42.6 Å². The largest absolute Gasteiger partial charge is 0.384 e. The molecule has 0 aliphatic carbocycles. The third-order valence-electron chi connectivity index (χ3n) is 3.40. The van der Waals surface area contributed by atoms with Gasteiger partial charge in [0.25, 0.3) is 0 Å². The molecule has 0 amide bonds. The average Bonchev–Trinajstić information content (AvgIpc) is 3.02. The monoisotopic (exact) mass is 288 g/mol. The molecular weight excluding hydrogens is 272 g/mol. The first-order valence-electron chi connectivity index (χ1n) is 6.43. The molecule has 0 aromatic carbocycles. The van der Waals surface area contributed by atoms with Crippen molar-refractivity contribution in [1.29, 1.82) is 5.41 Å². The molecule has 1 aliphatic rings. The number of amidine groups is 1. The molecule has 0 atom stereocenters. The van der Waals surface area contributed by atoms with Crippen molar-refractivity contribution in [3.05, 3.63) is 35.6 Å². The lowest BCUT2D eigenvalue weighted by atomic mass is 10.1. The van der Waals surface area contributed by atoms with Gasteiger partial charge in [0.2, 0.25) is 0 Å². The van der Waals surface area contributed by atoms with E-state index in [9.17, 15) is 0 Å². The summed E-state index contributed by atoms with van der Waals surface area (Å²) in [6, 6.07) is 1.80. The van der Waals surface area contributed by atoms with Crippen molar-refractivity contribution in [2.45, 2.75) is 0 Å². The van der Waals surface area contributed by atoms with Crippen LogP contribution in [0, 0.1) is 5.41 Å². The number of nitrogens with one attached hydrogen (secondary N) is 1. The van der Waals surface area contributed by atoms with Gasteiger partial charge in [-0.15, -0.1) is 11.3 Å². The predicted octanol–water partition coefficient (Wildman–Crippen LogP) is 1.15. The normalized spacial score (nSPS) is 15.4. The van der Waals surface area contributed by atoms with Gasteiger partial charge >= 0.3 is 0 Å². The number of thiazole rings is 1. The van der Waals surface area contributed by atoms with Crippen molar-refractivity contribution in [2.24, 2.45) is 5.73 Å². The fraction of sp³-hybridized carbons (Fsp3) is 0.308. The first-order valence-corrected chi connectivity index (χ1v) is 7.31. The average molecular weight is 288 g/mol. The van der Waals surface area contributed by atoms with Crippen LogP contribution in [0.3, 0.4) is 0 Å². The summed E-state index contributed by atoms with van der Waals surface area (Å²) in [5.74, 6) is 0.0877. The minimum absolute atomic E-state index is 0.0877. The Morgan fingerprint density at radius 2 is 1.95 bits per heavy atom. The van der Waals surface area contributed by atoms with E-state index in [1.165, 1.54) is 0 Å². The van der Waals surface area contributed by atoms with E-state index in [2.05, 4.69) is 19.8 Å². The quantitative estimate of drug-likeness (QED) is 0.654. The molecule has 0 bridgehead atoms. The molecule has 0 radical (unpaired) electrons. The first-order chi connectivity index (χ1) is 9.75. The van der Waals surface area contributed by atoms with E-state index in [-0.39, 0.29) is 5.84 Å². The van der Waals surface area contributed by atoms with E-state index in [0.29, 0.717) is 0 Å². The molecule has 20 heavy (non-hydrogen) atoms. The molecule has 104 valence electrons. The zero-order chi connectivity index (χ0) is 13.9. The van der Waals surface area contributed by atoms with Crippen molar-refractivity contribution in [1.82, 2.24) is 9.97 Å². The van der Waals surface area contributed by atoms with Crippen molar-refractivity contribution < 1.29 is 0 Å². The maximum Gasteiger partial charge on any atom is 0.185 e.